The van der Waals surface area contributed by atoms with Crippen LogP contribution >= 0.6 is 11.6 Å². The molecule has 0 radical (unpaired) electrons. The molecule has 0 bridgehead atoms. The van der Waals surface area contributed by atoms with E-state index in [9.17, 15) is 0 Å². The molecule has 0 aliphatic carbocycles. The number of nitrogens with one attached hydrogen (secondary N) is 1. The fourth-order valence-corrected chi connectivity index (χ4v) is 2.74. The standard InChI is InChI=1S/C15H17ClN4/c1-10-7-14(19-15(17-2)18-10)20-6-5-11-8-13(16)4-3-12(11)9-20/h3-4,7-8H,5-6,9H2,1-2H3,(H,17,18,19). The van der Waals surface area contributed by atoms with Gasteiger partial charge in [0.25, 0.3) is 0 Å². The molecule has 0 saturated carbocycles. The van der Waals surface area contributed by atoms with Gasteiger partial charge in [-0.05, 0) is 36.6 Å². The van der Waals surface area contributed by atoms with Crippen molar-refractivity contribution in [3.8, 4) is 0 Å². The van der Waals surface area contributed by atoms with E-state index < -0.39 is 0 Å². The van der Waals surface area contributed by atoms with Gasteiger partial charge in [-0.15, -0.1) is 0 Å². The van der Waals surface area contributed by atoms with Gasteiger partial charge in [0.05, 0.1) is 0 Å². The van der Waals surface area contributed by atoms with Crippen molar-refractivity contribution in [3.63, 3.8) is 0 Å². The van der Waals surface area contributed by atoms with Crippen LogP contribution in [0.4, 0.5) is 11.8 Å². The Morgan fingerprint density at radius 1 is 1.20 bits per heavy atom. The second-order valence-corrected chi connectivity index (χ2v) is 5.46. The van der Waals surface area contributed by atoms with Gasteiger partial charge in [-0.3, -0.25) is 0 Å². The highest BCUT2D eigenvalue weighted by Gasteiger charge is 2.18. The average molecular weight is 289 g/mol. The molecular formula is C15H17ClN4. The maximum absolute atomic E-state index is 6.05. The number of halogens is 1. The molecule has 1 aromatic heterocycles. The summed E-state index contributed by atoms with van der Waals surface area (Å²) in [7, 11) is 1.84. The highest BCUT2D eigenvalue weighted by atomic mass is 35.5. The molecule has 0 amide bonds. The summed E-state index contributed by atoms with van der Waals surface area (Å²) in [6.45, 7) is 3.81. The molecular weight excluding hydrogens is 272 g/mol. The van der Waals surface area contributed by atoms with Crippen molar-refractivity contribution in [3.05, 3.63) is 46.1 Å². The Morgan fingerprint density at radius 2 is 2.05 bits per heavy atom. The van der Waals surface area contributed by atoms with Crippen LogP contribution < -0.4 is 10.2 Å². The molecule has 1 N–H and O–H groups in total. The Labute approximate surface area is 123 Å². The number of aromatic nitrogens is 2. The van der Waals surface area contributed by atoms with Crippen LogP contribution in [0.25, 0.3) is 0 Å². The predicted molar refractivity (Wildman–Crippen MR) is 82.5 cm³/mol. The van der Waals surface area contributed by atoms with Crippen LogP contribution in [0.5, 0.6) is 0 Å². The van der Waals surface area contributed by atoms with Crippen molar-refractivity contribution in [1.82, 2.24) is 9.97 Å². The summed E-state index contributed by atoms with van der Waals surface area (Å²) < 4.78 is 0. The molecule has 1 aliphatic rings. The van der Waals surface area contributed by atoms with E-state index in [-0.39, 0.29) is 0 Å². The highest BCUT2D eigenvalue weighted by Crippen LogP contribution is 2.26. The van der Waals surface area contributed by atoms with E-state index in [1.54, 1.807) is 0 Å². The summed E-state index contributed by atoms with van der Waals surface area (Å²) >= 11 is 6.05. The summed E-state index contributed by atoms with van der Waals surface area (Å²) in [6.07, 6.45) is 0.994. The van der Waals surface area contributed by atoms with Gasteiger partial charge in [0.1, 0.15) is 5.82 Å². The fourth-order valence-electron chi connectivity index (χ4n) is 2.54. The Morgan fingerprint density at radius 3 is 2.85 bits per heavy atom. The molecule has 0 spiro atoms. The summed E-state index contributed by atoms with van der Waals surface area (Å²) in [6, 6.07) is 8.16. The summed E-state index contributed by atoms with van der Waals surface area (Å²) in [5.74, 6) is 1.64. The van der Waals surface area contributed by atoms with Gasteiger partial charge in [-0.1, -0.05) is 17.7 Å². The van der Waals surface area contributed by atoms with Gasteiger partial charge in [0.15, 0.2) is 0 Å². The van der Waals surface area contributed by atoms with Crippen molar-refractivity contribution in [2.75, 3.05) is 23.8 Å². The van der Waals surface area contributed by atoms with Crippen LogP contribution in [-0.2, 0) is 13.0 Å². The molecule has 0 fully saturated rings. The smallest absolute Gasteiger partial charge is 0.224 e. The predicted octanol–water partition coefficient (Wildman–Crippen LogP) is 3.04. The van der Waals surface area contributed by atoms with E-state index in [0.29, 0.717) is 5.95 Å². The minimum absolute atomic E-state index is 0.668. The maximum Gasteiger partial charge on any atom is 0.224 e. The van der Waals surface area contributed by atoms with Crippen LogP contribution in [0.15, 0.2) is 24.3 Å². The third kappa shape index (κ3) is 2.56. The summed E-state index contributed by atoms with van der Waals surface area (Å²) in [5, 5.41) is 3.82. The molecule has 0 unspecified atom stereocenters. The highest BCUT2D eigenvalue weighted by molar-refractivity contribution is 6.30. The van der Waals surface area contributed by atoms with E-state index in [2.05, 4.69) is 32.3 Å². The van der Waals surface area contributed by atoms with Gasteiger partial charge >= 0.3 is 0 Å². The SMILES string of the molecule is CNc1nc(C)cc(N2CCc3cc(Cl)ccc3C2)n1. The van der Waals surface area contributed by atoms with Crippen LogP contribution in [-0.4, -0.2) is 23.6 Å². The molecule has 0 saturated heterocycles. The number of nitrogens with zero attached hydrogens (tertiary/aromatic N) is 3. The topological polar surface area (TPSA) is 41.1 Å². The number of fused-ring (bicyclic) bond motifs is 1. The van der Waals surface area contributed by atoms with Crippen molar-refractivity contribution >= 4 is 23.4 Å². The number of benzene rings is 1. The quantitative estimate of drug-likeness (QED) is 0.922. The third-order valence-corrected chi connectivity index (χ3v) is 3.80. The van der Waals surface area contributed by atoms with Crippen molar-refractivity contribution in [2.24, 2.45) is 0 Å². The second-order valence-electron chi connectivity index (χ2n) is 5.03. The Balaban J connectivity index is 1.90. The zero-order valence-electron chi connectivity index (χ0n) is 11.7. The van der Waals surface area contributed by atoms with E-state index >= 15 is 0 Å². The lowest BCUT2D eigenvalue weighted by Gasteiger charge is -2.30. The zero-order chi connectivity index (χ0) is 14.1. The minimum Gasteiger partial charge on any atom is -0.357 e. The molecule has 1 aliphatic heterocycles. The van der Waals surface area contributed by atoms with Gasteiger partial charge in [0, 0.05) is 36.9 Å². The van der Waals surface area contributed by atoms with Gasteiger partial charge in [-0.2, -0.15) is 4.98 Å². The van der Waals surface area contributed by atoms with E-state index in [0.717, 1.165) is 36.0 Å². The first-order valence-corrected chi connectivity index (χ1v) is 7.09. The molecule has 104 valence electrons. The maximum atomic E-state index is 6.05. The van der Waals surface area contributed by atoms with Crippen LogP contribution in [0.3, 0.4) is 0 Å². The number of hydrogen-bond acceptors (Lipinski definition) is 4. The summed E-state index contributed by atoms with van der Waals surface area (Å²) in [5.41, 5.74) is 3.64. The van der Waals surface area contributed by atoms with Crippen molar-refractivity contribution in [1.29, 1.82) is 0 Å². The molecule has 1 aromatic carbocycles. The zero-order valence-corrected chi connectivity index (χ0v) is 12.4. The Hall–Kier alpha value is -1.81. The first kappa shape index (κ1) is 13.2. The molecule has 0 atom stereocenters. The molecule has 5 heteroatoms. The van der Waals surface area contributed by atoms with Crippen LogP contribution in [0, 0.1) is 6.92 Å². The normalized spacial score (nSPS) is 14.1. The largest absolute Gasteiger partial charge is 0.357 e. The number of rotatable bonds is 2. The molecule has 20 heavy (non-hydrogen) atoms. The number of anilines is 2. The van der Waals surface area contributed by atoms with Crippen molar-refractivity contribution < 1.29 is 0 Å². The van der Waals surface area contributed by atoms with E-state index in [4.69, 9.17) is 11.6 Å². The number of aryl methyl sites for hydroxylation is 1. The third-order valence-electron chi connectivity index (χ3n) is 3.57. The lowest BCUT2D eigenvalue weighted by molar-refractivity contribution is 0.719. The monoisotopic (exact) mass is 288 g/mol. The van der Waals surface area contributed by atoms with E-state index in [1.807, 2.05) is 26.1 Å². The lowest BCUT2D eigenvalue weighted by Crippen LogP contribution is -2.31. The average Bonchev–Trinajstić information content (AvgIpc) is 2.46. The van der Waals surface area contributed by atoms with Crippen molar-refractivity contribution in [2.45, 2.75) is 19.9 Å². The van der Waals surface area contributed by atoms with Gasteiger partial charge < -0.3 is 10.2 Å². The Kier molecular flexibility index (Phi) is 3.49. The van der Waals surface area contributed by atoms with E-state index in [1.165, 1.54) is 11.1 Å². The Bertz CT molecular complexity index is 642. The minimum atomic E-state index is 0.668. The van der Waals surface area contributed by atoms with Gasteiger partial charge in [0.2, 0.25) is 5.95 Å². The van der Waals surface area contributed by atoms with Gasteiger partial charge in [-0.25, -0.2) is 4.98 Å². The molecule has 3 rings (SSSR count). The lowest BCUT2D eigenvalue weighted by atomic mass is 10.00. The molecule has 2 heterocycles. The number of hydrogen-bond donors (Lipinski definition) is 1. The summed E-state index contributed by atoms with van der Waals surface area (Å²) in [4.78, 5) is 11.2. The second kappa shape index (κ2) is 5.29. The molecule has 4 nitrogen and oxygen atoms in total. The first-order chi connectivity index (χ1) is 9.65. The van der Waals surface area contributed by atoms with Crippen LogP contribution in [0.1, 0.15) is 16.8 Å². The molecule has 2 aromatic rings. The van der Waals surface area contributed by atoms with Crippen LogP contribution in [0.2, 0.25) is 5.02 Å². The first-order valence-electron chi connectivity index (χ1n) is 6.71. The fraction of sp³-hybridized carbons (Fsp3) is 0.333.